The van der Waals surface area contributed by atoms with Crippen LogP contribution in [-0.2, 0) is 17.9 Å². The minimum Gasteiger partial charge on any atom is -0.491 e. The van der Waals surface area contributed by atoms with Crippen LogP contribution in [0.25, 0.3) is 11.4 Å². The lowest BCUT2D eigenvalue weighted by atomic mass is 9.97. The number of rotatable bonds is 8. The van der Waals surface area contributed by atoms with Crippen LogP contribution in [0.2, 0.25) is 0 Å². The molecule has 1 N–H and O–H groups in total. The summed E-state index contributed by atoms with van der Waals surface area (Å²) in [4.78, 5) is 19.6. The summed E-state index contributed by atoms with van der Waals surface area (Å²) in [5.41, 5.74) is 1.94. The van der Waals surface area contributed by atoms with Crippen molar-refractivity contribution in [3.63, 3.8) is 0 Å². The fourth-order valence-electron chi connectivity index (χ4n) is 3.97. The number of amides is 1. The number of nitrogens with zero attached hydrogens (tertiary/aromatic N) is 3. The zero-order chi connectivity index (χ0) is 23.2. The summed E-state index contributed by atoms with van der Waals surface area (Å²) in [6.07, 6.45) is 1.96. The van der Waals surface area contributed by atoms with E-state index in [-0.39, 0.29) is 17.9 Å². The minimum absolute atomic E-state index is 0.0530. The van der Waals surface area contributed by atoms with Crippen LogP contribution in [0.3, 0.4) is 0 Å². The number of ether oxygens (including phenoxy) is 1. The van der Waals surface area contributed by atoms with Gasteiger partial charge in [-0.2, -0.15) is 4.98 Å². The van der Waals surface area contributed by atoms with Crippen LogP contribution in [0, 0.1) is 5.92 Å². The number of carbonyl (C=O) groups excluding carboxylic acids is 1. The molecule has 1 unspecified atom stereocenters. The molecule has 0 saturated carbocycles. The van der Waals surface area contributed by atoms with E-state index in [0.29, 0.717) is 31.3 Å². The second-order valence-electron chi connectivity index (χ2n) is 8.62. The Morgan fingerprint density at radius 3 is 2.88 bits per heavy atom. The van der Waals surface area contributed by atoms with Crippen molar-refractivity contribution in [3.8, 4) is 17.1 Å². The standard InChI is InChI=1S/C25H29BrN4O3/c1-17(2)32-22-7-3-5-18(13-22)14-27-25(31)20-6-4-12-30(15-20)16-23-28-24(29-33-23)19-8-10-21(26)11-9-19/h3,5,7-11,13,17,20H,4,6,12,14-16H2,1-2H3,(H,27,31). The van der Waals surface area contributed by atoms with Crippen LogP contribution < -0.4 is 10.1 Å². The topological polar surface area (TPSA) is 80.5 Å². The van der Waals surface area contributed by atoms with Gasteiger partial charge in [0.05, 0.1) is 18.6 Å². The van der Waals surface area contributed by atoms with Gasteiger partial charge in [-0.25, -0.2) is 0 Å². The smallest absolute Gasteiger partial charge is 0.241 e. The van der Waals surface area contributed by atoms with E-state index in [1.807, 2.05) is 62.4 Å². The molecule has 0 radical (unpaired) electrons. The maximum atomic E-state index is 12.8. The van der Waals surface area contributed by atoms with Crippen molar-refractivity contribution in [2.45, 2.75) is 45.9 Å². The van der Waals surface area contributed by atoms with Gasteiger partial charge in [-0.3, -0.25) is 9.69 Å². The molecule has 1 fully saturated rings. The fourth-order valence-corrected chi connectivity index (χ4v) is 4.24. The zero-order valence-corrected chi connectivity index (χ0v) is 20.5. The van der Waals surface area contributed by atoms with Crippen LogP contribution in [0.15, 0.2) is 57.5 Å². The van der Waals surface area contributed by atoms with Crippen LogP contribution in [0.1, 0.15) is 38.1 Å². The van der Waals surface area contributed by atoms with Crippen molar-refractivity contribution in [2.24, 2.45) is 5.92 Å². The van der Waals surface area contributed by atoms with E-state index in [1.165, 1.54) is 0 Å². The van der Waals surface area contributed by atoms with Gasteiger partial charge in [0, 0.05) is 23.1 Å². The molecule has 0 bridgehead atoms. The summed E-state index contributed by atoms with van der Waals surface area (Å²) in [5.74, 6) is 1.99. The Hall–Kier alpha value is -2.71. The first-order chi connectivity index (χ1) is 16.0. The number of piperidine rings is 1. The average molecular weight is 513 g/mol. The third kappa shape index (κ3) is 6.65. The summed E-state index contributed by atoms with van der Waals surface area (Å²) >= 11 is 3.43. The number of benzene rings is 2. The quantitative estimate of drug-likeness (QED) is 0.466. The Balaban J connectivity index is 1.29. The number of likely N-dealkylation sites (tertiary alicyclic amines) is 1. The molecule has 3 aromatic rings. The maximum Gasteiger partial charge on any atom is 0.241 e. The van der Waals surface area contributed by atoms with Crippen LogP contribution in [0.4, 0.5) is 0 Å². The van der Waals surface area contributed by atoms with Crippen LogP contribution >= 0.6 is 15.9 Å². The number of nitrogens with one attached hydrogen (secondary N) is 1. The summed E-state index contributed by atoms with van der Waals surface area (Å²) < 4.78 is 12.2. The maximum absolute atomic E-state index is 12.8. The van der Waals surface area contributed by atoms with Gasteiger partial charge in [0.25, 0.3) is 0 Å². The summed E-state index contributed by atoms with van der Waals surface area (Å²) in [6.45, 7) is 6.62. The third-order valence-electron chi connectivity index (χ3n) is 5.54. The molecular weight excluding hydrogens is 484 g/mol. The number of hydrogen-bond acceptors (Lipinski definition) is 6. The summed E-state index contributed by atoms with van der Waals surface area (Å²) in [7, 11) is 0. The van der Waals surface area contributed by atoms with Crippen molar-refractivity contribution < 1.29 is 14.1 Å². The van der Waals surface area contributed by atoms with Gasteiger partial charge in [-0.1, -0.05) is 33.2 Å². The fraction of sp³-hybridized carbons (Fsp3) is 0.400. The van der Waals surface area contributed by atoms with E-state index in [4.69, 9.17) is 9.26 Å². The monoisotopic (exact) mass is 512 g/mol. The Morgan fingerprint density at radius 2 is 2.09 bits per heavy atom. The van der Waals surface area contributed by atoms with Gasteiger partial charge in [0.15, 0.2) is 0 Å². The number of hydrogen-bond donors (Lipinski definition) is 1. The Bertz CT molecular complexity index is 1070. The number of halogens is 1. The molecule has 0 aliphatic carbocycles. The molecule has 33 heavy (non-hydrogen) atoms. The van der Waals surface area contributed by atoms with Gasteiger partial charge in [-0.15, -0.1) is 0 Å². The van der Waals surface area contributed by atoms with E-state index in [2.05, 4.69) is 36.3 Å². The van der Waals surface area contributed by atoms with Crippen molar-refractivity contribution in [1.82, 2.24) is 20.4 Å². The van der Waals surface area contributed by atoms with E-state index in [0.717, 1.165) is 40.7 Å². The normalized spacial score (nSPS) is 16.7. The molecule has 1 aliphatic heterocycles. The lowest BCUT2D eigenvalue weighted by Gasteiger charge is -2.30. The van der Waals surface area contributed by atoms with Crippen LogP contribution in [-0.4, -0.2) is 40.1 Å². The van der Waals surface area contributed by atoms with Crippen LogP contribution in [0.5, 0.6) is 5.75 Å². The molecular formula is C25H29BrN4O3. The lowest BCUT2D eigenvalue weighted by molar-refractivity contribution is -0.127. The molecule has 7 nitrogen and oxygen atoms in total. The second-order valence-corrected chi connectivity index (χ2v) is 9.54. The Kier molecular flexibility index (Phi) is 7.77. The highest BCUT2D eigenvalue weighted by Crippen LogP contribution is 2.22. The molecule has 8 heteroatoms. The van der Waals surface area contributed by atoms with Gasteiger partial charge in [-0.05, 0) is 75.2 Å². The highest BCUT2D eigenvalue weighted by molar-refractivity contribution is 9.10. The van der Waals surface area contributed by atoms with E-state index < -0.39 is 0 Å². The summed E-state index contributed by atoms with van der Waals surface area (Å²) in [5, 5.41) is 7.19. The molecule has 174 valence electrons. The van der Waals surface area contributed by atoms with Crippen molar-refractivity contribution >= 4 is 21.8 Å². The average Bonchev–Trinajstić information content (AvgIpc) is 3.26. The summed E-state index contributed by atoms with van der Waals surface area (Å²) in [6, 6.07) is 15.7. The van der Waals surface area contributed by atoms with E-state index in [1.54, 1.807) is 0 Å². The first-order valence-electron chi connectivity index (χ1n) is 11.3. The molecule has 2 aromatic carbocycles. The predicted molar refractivity (Wildman–Crippen MR) is 129 cm³/mol. The van der Waals surface area contributed by atoms with E-state index >= 15 is 0 Å². The minimum atomic E-state index is -0.0530. The highest BCUT2D eigenvalue weighted by Gasteiger charge is 2.26. The molecule has 1 amide bonds. The molecule has 1 aromatic heterocycles. The Labute approximate surface area is 202 Å². The molecule has 2 heterocycles. The first-order valence-corrected chi connectivity index (χ1v) is 12.1. The van der Waals surface area contributed by atoms with Gasteiger partial charge in [0.2, 0.25) is 17.6 Å². The van der Waals surface area contributed by atoms with Crippen molar-refractivity contribution in [3.05, 3.63) is 64.5 Å². The van der Waals surface area contributed by atoms with Gasteiger partial charge >= 0.3 is 0 Å². The predicted octanol–water partition coefficient (Wildman–Crippen LogP) is 4.81. The van der Waals surface area contributed by atoms with Crippen molar-refractivity contribution in [1.29, 1.82) is 0 Å². The molecule has 1 atom stereocenters. The third-order valence-corrected chi connectivity index (χ3v) is 6.07. The molecule has 1 aliphatic rings. The lowest BCUT2D eigenvalue weighted by Crippen LogP contribution is -2.42. The number of aromatic nitrogens is 2. The largest absolute Gasteiger partial charge is 0.491 e. The molecule has 0 spiro atoms. The SMILES string of the molecule is CC(C)Oc1cccc(CNC(=O)C2CCCN(Cc3nc(-c4ccc(Br)cc4)no3)C2)c1. The van der Waals surface area contributed by atoms with Gasteiger partial charge in [0.1, 0.15) is 5.75 Å². The van der Waals surface area contributed by atoms with Gasteiger partial charge < -0.3 is 14.6 Å². The highest BCUT2D eigenvalue weighted by atomic mass is 79.9. The molecule has 1 saturated heterocycles. The molecule has 4 rings (SSSR count). The van der Waals surface area contributed by atoms with Crippen molar-refractivity contribution in [2.75, 3.05) is 13.1 Å². The number of carbonyl (C=O) groups is 1. The zero-order valence-electron chi connectivity index (χ0n) is 19.0. The van der Waals surface area contributed by atoms with E-state index in [9.17, 15) is 4.79 Å². The second kappa shape index (κ2) is 10.9. The Morgan fingerprint density at radius 1 is 1.27 bits per heavy atom. The first kappa shape index (κ1) is 23.4.